The summed E-state index contributed by atoms with van der Waals surface area (Å²) in [4.78, 5) is 0. The summed E-state index contributed by atoms with van der Waals surface area (Å²) >= 11 is 0. The molecule has 154 valence electrons. The van der Waals surface area contributed by atoms with Crippen LogP contribution in [0.4, 0.5) is 0 Å². The molecular weight excluding hydrogens is 392 g/mol. The third kappa shape index (κ3) is 6.37. The van der Waals surface area contributed by atoms with Gasteiger partial charge in [-0.2, -0.15) is 16.8 Å². The second-order valence-electron chi connectivity index (χ2n) is 7.26. The Morgan fingerprint density at radius 2 is 1.46 bits per heavy atom. The molecule has 0 amide bonds. The third-order valence-corrected chi connectivity index (χ3v) is 4.83. The minimum atomic E-state index is -3.79. The zero-order valence-electron chi connectivity index (χ0n) is 15.6. The molecule has 12 heteroatoms. The molecule has 26 heavy (non-hydrogen) atoms. The van der Waals surface area contributed by atoms with Gasteiger partial charge in [0.05, 0.1) is 25.7 Å². The van der Waals surface area contributed by atoms with Gasteiger partial charge in [0.15, 0.2) is 11.6 Å². The summed E-state index contributed by atoms with van der Waals surface area (Å²) < 4.78 is 78.6. The Hall–Kier alpha value is -0.340. The summed E-state index contributed by atoms with van der Waals surface area (Å²) in [6.45, 7) is 6.28. The Morgan fingerprint density at radius 3 is 2.00 bits per heavy atom. The molecule has 0 aromatic rings. The van der Waals surface area contributed by atoms with Crippen molar-refractivity contribution in [2.45, 2.75) is 63.7 Å². The lowest BCUT2D eigenvalue weighted by atomic mass is 10.0. The molecule has 4 atom stereocenters. The van der Waals surface area contributed by atoms with Gasteiger partial charge in [-0.1, -0.05) is 0 Å². The van der Waals surface area contributed by atoms with Crippen molar-refractivity contribution in [3.63, 3.8) is 0 Å². The molecular formula is C14H26O10S2. The van der Waals surface area contributed by atoms with E-state index in [1.54, 1.807) is 27.7 Å². The van der Waals surface area contributed by atoms with Crippen LogP contribution in [0.2, 0.25) is 0 Å². The summed E-state index contributed by atoms with van der Waals surface area (Å²) in [5.74, 6) is -2.06. The fourth-order valence-corrected chi connectivity index (χ4v) is 3.86. The van der Waals surface area contributed by atoms with E-state index in [0.29, 0.717) is 0 Å². The number of ether oxygens (including phenoxy) is 4. The second-order valence-corrected chi connectivity index (χ2v) is 10.5. The molecule has 0 radical (unpaired) electrons. The quantitative estimate of drug-likeness (QED) is 0.544. The summed E-state index contributed by atoms with van der Waals surface area (Å²) in [5.41, 5.74) is 0. The monoisotopic (exact) mass is 418 g/mol. The van der Waals surface area contributed by atoms with Gasteiger partial charge in [-0.15, -0.1) is 0 Å². The minimum Gasteiger partial charge on any atom is -0.348 e. The topological polar surface area (TPSA) is 124 Å². The first-order valence-corrected chi connectivity index (χ1v) is 11.6. The summed E-state index contributed by atoms with van der Waals surface area (Å²) in [7, 11) is -7.49. The van der Waals surface area contributed by atoms with Crippen molar-refractivity contribution in [3.8, 4) is 0 Å². The maximum Gasteiger partial charge on any atom is 0.264 e. The molecule has 0 aromatic heterocycles. The number of hydrogen-bond acceptors (Lipinski definition) is 10. The SMILES string of the molecule is CC1(C)OCC(OS(C)(=O)=O)[C@H]([C@@H]2OC(C)(C)OC2COS(C)(=O)=O)O1. The highest BCUT2D eigenvalue weighted by molar-refractivity contribution is 7.86. The minimum absolute atomic E-state index is 0.0509. The lowest BCUT2D eigenvalue weighted by Crippen LogP contribution is -2.57. The van der Waals surface area contributed by atoms with Crippen molar-refractivity contribution in [1.82, 2.24) is 0 Å². The van der Waals surface area contributed by atoms with E-state index in [4.69, 9.17) is 27.3 Å². The van der Waals surface area contributed by atoms with E-state index in [-0.39, 0.29) is 13.2 Å². The Labute approximate surface area is 154 Å². The molecule has 10 nitrogen and oxygen atoms in total. The standard InChI is InChI=1S/C14H26O10S2/c1-13(2)19-7-10(24-26(6,17)18)12(22-13)11-9(8-20-25(5,15)16)21-14(3,4)23-11/h9-12H,7-8H2,1-6H3/t9?,10?,11-,12-/m1/s1. The largest absolute Gasteiger partial charge is 0.348 e. The molecule has 2 fully saturated rings. The molecule has 2 rings (SSSR count). The van der Waals surface area contributed by atoms with E-state index in [9.17, 15) is 16.8 Å². The van der Waals surface area contributed by atoms with Crippen molar-refractivity contribution in [2.75, 3.05) is 25.7 Å². The van der Waals surface area contributed by atoms with Gasteiger partial charge in [-0.25, -0.2) is 0 Å². The lowest BCUT2D eigenvalue weighted by molar-refractivity contribution is -0.318. The molecule has 0 bridgehead atoms. The van der Waals surface area contributed by atoms with Crippen LogP contribution in [0.5, 0.6) is 0 Å². The molecule has 0 aromatic carbocycles. The molecule has 0 saturated carbocycles. The lowest BCUT2D eigenvalue weighted by Gasteiger charge is -2.42. The predicted molar refractivity (Wildman–Crippen MR) is 89.2 cm³/mol. The second kappa shape index (κ2) is 7.24. The van der Waals surface area contributed by atoms with E-state index in [0.717, 1.165) is 12.5 Å². The summed E-state index contributed by atoms with van der Waals surface area (Å²) in [5, 5.41) is 0. The zero-order chi connectivity index (χ0) is 20.0. The average Bonchev–Trinajstić information content (AvgIpc) is 2.71. The van der Waals surface area contributed by atoms with Gasteiger partial charge in [0.2, 0.25) is 0 Å². The predicted octanol–water partition coefficient (Wildman–Crippen LogP) is -0.0210. The zero-order valence-corrected chi connectivity index (χ0v) is 17.3. The average molecular weight is 418 g/mol. The van der Waals surface area contributed by atoms with Crippen molar-refractivity contribution in [3.05, 3.63) is 0 Å². The van der Waals surface area contributed by atoms with E-state index in [1.165, 1.54) is 0 Å². The van der Waals surface area contributed by atoms with Gasteiger partial charge in [-0.05, 0) is 27.7 Å². The van der Waals surface area contributed by atoms with Crippen LogP contribution in [-0.4, -0.2) is 78.6 Å². The van der Waals surface area contributed by atoms with Gasteiger partial charge in [0.1, 0.15) is 24.4 Å². The Morgan fingerprint density at radius 1 is 0.885 bits per heavy atom. The summed E-state index contributed by atoms with van der Waals surface area (Å²) in [6, 6.07) is 0. The molecule has 0 N–H and O–H groups in total. The van der Waals surface area contributed by atoms with Crippen LogP contribution in [0.25, 0.3) is 0 Å². The van der Waals surface area contributed by atoms with Crippen LogP contribution in [0, 0.1) is 0 Å². The van der Waals surface area contributed by atoms with Crippen molar-refractivity contribution in [2.24, 2.45) is 0 Å². The molecule has 2 unspecified atom stereocenters. The van der Waals surface area contributed by atoms with Crippen molar-refractivity contribution in [1.29, 1.82) is 0 Å². The molecule has 2 aliphatic rings. The van der Waals surface area contributed by atoms with Crippen LogP contribution >= 0.6 is 0 Å². The van der Waals surface area contributed by atoms with Crippen LogP contribution < -0.4 is 0 Å². The van der Waals surface area contributed by atoms with Crippen molar-refractivity contribution < 1.29 is 44.1 Å². The Bertz CT molecular complexity index is 712. The van der Waals surface area contributed by atoms with Crippen LogP contribution in [-0.2, 0) is 47.5 Å². The van der Waals surface area contributed by atoms with E-state index in [2.05, 4.69) is 0 Å². The highest BCUT2D eigenvalue weighted by atomic mass is 32.2. The fraction of sp³-hybridized carbons (Fsp3) is 1.00. The molecule has 2 aliphatic heterocycles. The van der Waals surface area contributed by atoms with Gasteiger partial charge in [0.25, 0.3) is 20.2 Å². The third-order valence-electron chi connectivity index (χ3n) is 3.67. The molecule has 2 saturated heterocycles. The maximum absolute atomic E-state index is 11.6. The van der Waals surface area contributed by atoms with Gasteiger partial charge >= 0.3 is 0 Å². The molecule has 2 heterocycles. The van der Waals surface area contributed by atoms with Crippen molar-refractivity contribution >= 4 is 20.2 Å². The van der Waals surface area contributed by atoms with Gasteiger partial charge in [0, 0.05) is 0 Å². The Kier molecular flexibility index (Phi) is 6.12. The van der Waals surface area contributed by atoms with E-state index in [1.807, 2.05) is 0 Å². The number of rotatable bonds is 6. The molecule has 0 spiro atoms. The van der Waals surface area contributed by atoms with Crippen LogP contribution in [0.3, 0.4) is 0 Å². The first kappa shape index (κ1) is 22.0. The summed E-state index contributed by atoms with van der Waals surface area (Å²) in [6.07, 6.45) is -1.67. The van der Waals surface area contributed by atoms with Crippen LogP contribution in [0.1, 0.15) is 27.7 Å². The van der Waals surface area contributed by atoms with Crippen LogP contribution in [0.15, 0.2) is 0 Å². The smallest absolute Gasteiger partial charge is 0.264 e. The van der Waals surface area contributed by atoms with Gasteiger partial charge < -0.3 is 18.9 Å². The van der Waals surface area contributed by atoms with E-state index >= 15 is 0 Å². The normalized spacial score (nSPS) is 34.7. The highest BCUT2D eigenvalue weighted by Crippen LogP contribution is 2.37. The highest BCUT2D eigenvalue weighted by Gasteiger charge is 2.52. The first-order valence-electron chi connectivity index (χ1n) is 7.97. The molecule has 0 aliphatic carbocycles. The van der Waals surface area contributed by atoms with Gasteiger partial charge in [-0.3, -0.25) is 8.37 Å². The number of hydrogen-bond donors (Lipinski definition) is 0. The first-order chi connectivity index (χ1) is 11.6. The maximum atomic E-state index is 11.6. The van der Waals surface area contributed by atoms with E-state index < -0.39 is 56.2 Å². The fourth-order valence-electron chi connectivity index (χ4n) is 2.86. The Balaban J connectivity index is 2.27.